The second-order valence-electron chi connectivity index (χ2n) is 5.26. The van der Waals surface area contributed by atoms with Crippen molar-refractivity contribution >= 4 is 16.9 Å². The zero-order chi connectivity index (χ0) is 17.1. The largest absolute Gasteiger partial charge is 0.463 e. The van der Waals surface area contributed by atoms with E-state index in [1.807, 2.05) is 24.3 Å². The van der Waals surface area contributed by atoms with Gasteiger partial charge in [0.2, 0.25) is 0 Å². The molecule has 1 amide bonds. The third kappa shape index (κ3) is 3.07. The van der Waals surface area contributed by atoms with Crippen molar-refractivity contribution in [2.24, 2.45) is 0 Å². The standard InChI is InChI=1S/C18H13N5O2/c24-18(15-11-21-12-4-1-2-5-13(12)23-15)22-10-14-17(20-8-7-19-14)16-6-3-9-25-16/h1-9,11H,10H2,(H,22,24). The number of amides is 1. The second-order valence-corrected chi connectivity index (χ2v) is 5.26. The number of carbonyl (C=O) groups is 1. The molecule has 7 heteroatoms. The van der Waals surface area contributed by atoms with Gasteiger partial charge < -0.3 is 9.73 Å². The van der Waals surface area contributed by atoms with Crippen LogP contribution in [0.1, 0.15) is 16.2 Å². The summed E-state index contributed by atoms with van der Waals surface area (Å²) in [4.78, 5) is 29.5. The number of hydrogen-bond donors (Lipinski definition) is 1. The van der Waals surface area contributed by atoms with Gasteiger partial charge in [-0.3, -0.25) is 14.8 Å². The molecule has 0 fully saturated rings. The lowest BCUT2D eigenvalue weighted by molar-refractivity contribution is 0.0945. The SMILES string of the molecule is O=C(NCc1nccnc1-c1ccco1)c1cnc2ccccc2n1. The molecule has 0 unspecified atom stereocenters. The Kier molecular flexibility index (Phi) is 3.88. The molecular formula is C18H13N5O2. The van der Waals surface area contributed by atoms with E-state index in [4.69, 9.17) is 4.42 Å². The van der Waals surface area contributed by atoms with Gasteiger partial charge >= 0.3 is 0 Å². The van der Waals surface area contributed by atoms with Crippen LogP contribution in [0.15, 0.2) is 65.7 Å². The first-order valence-electron chi connectivity index (χ1n) is 7.65. The maximum atomic E-state index is 12.4. The van der Waals surface area contributed by atoms with Gasteiger partial charge in [0.25, 0.3) is 5.91 Å². The van der Waals surface area contributed by atoms with Gasteiger partial charge in [-0.05, 0) is 24.3 Å². The van der Waals surface area contributed by atoms with Gasteiger partial charge in [0.1, 0.15) is 11.4 Å². The van der Waals surface area contributed by atoms with E-state index in [0.717, 1.165) is 5.52 Å². The van der Waals surface area contributed by atoms with E-state index in [2.05, 4.69) is 25.3 Å². The fraction of sp³-hybridized carbons (Fsp3) is 0.0556. The van der Waals surface area contributed by atoms with Crippen molar-refractivity contribution in [2.75, 3.05) is 0 Å². The van der Waals surface area contributed by atoms with E-state index in [-0.39, 0.29) is 18.1 Å². The summed E-state index contributed by atoms with van der Waals surface area (Å²) in [6, 6.07) is 11.0. The number of carbonyl (C=O) groups excluding carboxylic acids is 1. The van der Waals surface area contributed by atoms with Gasteiger partial charge in [0, 0.05) is 12.4 Å². The van der Waals surface area contributed by atoms with Gasteiger partial charge in [0.05, 0.1) is 35.7 Å². The Morgan fingerprint density at radius 3 is 2.68 bits per heavy atom. The molecule has 122 valence electrons. The summed E-state index contributed by atoms with van der Waals surface area (Å²) in [5, 5.41) is 2.80. The molecule has 0 saturated heterocycles. The van der Waals surface area contributed by atoms with Crippen LogP contribution in [0.2, 0.25) is 0 Å². The van der Waals surface area contributed by atoms with E-state index in [0.29, 0.717) is 22.7 Å². The monoisotopic (exact) mass is 331 g/mol. The van der Waals surface area contributed by atoms with Crippen LogP contribution in [0.5, 0.6) is 0 Å². The average molecular weight is 331 g/mol. The fourth-order valence-electron chi connectivity index (χ4n) is 2.44. The van der Waals surface area contributed by atoms with Gasteiger partial charge in [-0.2, -0.15) is 0 Å². The van der Waals surface area contributed by atoms with Crippen molar-refractivity contribution in [3.8, 4) is 11.5 Å². The molecule has 0 aliphatic heterocycles. The minimum Gasteiger partial charge on any atom is -0.463 e. The number of furan rings is 1. The quantitative estimate of drug-likeness (QED) is 0.618. The molecule has 1 aromatic carbocycles. The van der Waals surface area contributed by atoms with Crippen molar-refractivity contribution in [2.45, 2.75) is 6.54 Å². The highest BCUT2D eigenvalue weighted by atomic mass is 16.3. The van der Waals surface area contributed by atoms with Crippen molar-refractivity contribution in [1.29, 1.82) is 0 Å². The van der Waals surface area contributed by atoms with Crippen LogP contribution >= 0.6 is 0 Å². The molecule has 0 aliphatic rings. The van der Waals surface area contributed by atoms with Crippen LogP contribution in [0.3, 0.4) is 0 Å². The number of nitrogens with zero attached hydrogens (tertiary/aromatic N) is 4. The molecule has 25 heavy (non-hydrogen) atoms. The summed E-state index contributed by atoms with van der Waals surface area (Å²) in [6.45, 7) is 0.206. The number of fused-ring (bicyclic) bond motifs is 1. The molecule has 7 nitrogen and oxygen atoms in total. The number of rotatable bonds is 4. The van der Waals surface area contributed by atoms with Crippen LogP contribution < -0.4 is 5.32 Å². The maximum absolute atomic E-state index is 12.4. The molecule has 4 rings (SSSR count). The van der Waals surface area contributed by atoms with Crippen molar-refractivity contribution in [3.05, 3.63) is 72.6 Å². The molecule has 1 N–H and O–H groups in total. The molecule has 4 aromatic rings. The summed E-state index contributed by atoms with van der Waals surface area (Å²) in [6.07, 6.45) is 6.18. The summed E-state index contributed by atoms with van der Waals surface area (Å²) >= 11 is 0. The smallest absolute Gasteiger partial charge is 0.271 e. The van der Waals surface area contributed by atoms with E-state index >= 15 is 0 Å². The minimum atomic E-state index is -0.325. The van der Waals surface area contributed by atoms with Crippen molar-refractivity contribution in [1.82, 2.24) is 25.3 Å². The number of nitrogens with one attached hydrogen (secondary N) is 1. The number of hydrogen-bond acceptors (Lipinski definition) is 6. The van der Waals surface area contributed by atoms with Gasteiger partial charge in [-0.15, -0.1) is 0 Å². The predicted molar refractivity (Wildman–Crippen MR) is 90.4 cm³/mol. The Balaban J connectivity index is 1.54. The maximum Gasteiger partial charge on any atom is 0.271 e. The van der Waals surface area contributed by atoms with Gasteiger partial charge in [-0.1, -0.05) is 12.1 Å². The van der Waals surface area contributed by atoms with Crippen LogP contribution in [0.4, 0.5) is 0 Å². The molecular weight excluding hydrogens is 318 g/mol. The Hall–Kier alpha value is -3.61. The van der Waals surface area contributed by atoms with Crippen LogP contribution in [0, 0.1) is 0 Å². The first kappa shape index (κ1) is 14.9. The van der Waals surface area contributed by atoms with Crippen LogP contribution in [0.25, 0.3) is 22.5 Å². The molecule has 0 bridgehead atoms. The first-order valence-corrected chi connectivity index (χ1v) is 7.65. The van der Waals surface area contributed by atoms with E-state index in [1.54, 1.807) is 30.8 Å². The molecule has 3 aromatic heterocycles. The highest BCUT2D eigenvalue weighted by Crippen LogP contribution is 2.19. The topological polar surface area (TPSA) is 93.8 Å². The minimum absolute atomic E-state index is 0.206. The third-order valence-corrected chi connectivity index (χ3v) is 3.63. The lowest BCUT2D eigenvalue weighted by Gasteiger charge is -2.07. The van der Waals surface area contributed by atoms with Gasteiger partial charge in [-0.25, -0.2) is 9.97 Å². The van der Waals surface area contributed by atoms with Crippen molar-refractivity contribution < 1.29 is 9.21 Å². The number of aromatic nitrogens is 4. The Morgan fingerprint density at radius 2 is 1.84 bits per heavy atom. The van der Waals surface area contributed by atoms with E-state index in [9.17, 15) is 4.79 Å². The Labute approximate surface area is 142 Å². The molecule has 0 spiro atoms. The second kappa shape index (κ2) is 6.48. The normalized spacial score (nSPS) is 10.7. The summed E-state index contributed by atoms with van der Waals surface area (Å²) in [7, 11) is 0. The van der Waals surface area contributed by atoms with E-state index in [1.165, 1.54) is 6.20 Å². The Bertz CT molecular complexity index is 1030. The third-order valence-electron chi connectivity index (χ3n) is 3.63. The summed E-state index contributed by atoms with van der Waals surface area (Å²) in [5.41, 5.74) is 2.87. The Morgan fingerprint density at radius 1 is 1.00 bits per heavy atom. The fourth-order valence-corrected chi connectivity index (χ4v) is 2.44. The van der Waals surface area contributed by atoms with Gasteiger partial charge in [0.15, 0.2) is 5.76 Å². The predicted octanol–water partition coefficient (Wildman–Crippen LogP) is 2.61. The van der Waals surface area contributed by atoms with Crippen molar-refractivity contribution in [3.63, 3.8) is 0 Å². The van der Waals surface area contributed by atoms with Crippen LogP contribution in [-0.2, 0) is 6.54 Å². The molecule has 0 radical (unpaired) electrons. The number of para-hydroxylation sites is 2. The average Bonchev–Trinajstić information content (AvgIpc) is 3.20. The lowest BCUT2D eigenvalue weighted by Crippen LogP contribution is -2.25. The zero-order valence-electron chi connectivity index (χ0n) is 13.1. The zero-order valence-corrected chi connectivity index (χ0v) is 13.1. The molecule has 0 saturated carbocycles. The lowest BCUT2D eigenvalue weighted by atomic mass is 10.2. The number of benzene rings is 1. The van der Waals surface area contributed by atoms with E-state index < -0.39 is 0 Å². The summed E-state index contributed by atoms with van der Waals surface area (Å²) in [5.74, 6) is 0.275. The highest BCUT2D eigenvalue weighted by Gasteiger charge is 2.13. The van der Waals surface area contributed by atoms with Crippen LogP contribution in [-0.4, -0.2) is 25.8 Å². The molecule has 3 heterocycles. The molecule has 0 atom stereocenters. The highest BCUT2D eigenvalue weighted by molar-refractivity contribution is 5.93. The summed E-state index contributed by atoms with van der Waals surface area (Å²) < 4.78 is 5.36. The molecule has 0 aliphatic carbocycles. The first-order chi connectivity index (χ1) is 12.3.